The van der Waals surface area contributed by atoms with Crippen LogP contribution in [0.2, 0.25) is 0 Å². The highest BCUT2D eigenvalue weighted by molar-refractivity contribution is 7.92. The largest absolute Gasteiger partial charge is 0.497 e. The van der Waals surface area contributed by atoms with E-state index in [4.69, 9.17) is 4.74 Å². The highest BCUT2D eigenvalue weighted by Crippen LogP contribution is 2.18. The van der Waals surface area contributed by atoms with Crippen LogP contribution in [0.5, 0.6) is 5.75 Å². The minimum Gasteiger partial charge on any atom is -0.497 e. The molecule has 0 saturated carbocycles. The number of hydrogen-bond acceptors (Lipinski definition) is 4. The van der Waals surface area contributed by atoms with Gasteiger partial charge < -0.3 is 4.74 Å². The van der Waals surface area contributed by atoms with Gasteiger partial charge in [0.25, 0.3) is 0 Å². The van der Waals surface area contributed by atoms with Crippen molar-refractivity contribution in [3.05, 3.63) is 54.2 Å². The lowest BCUT2D eigenvalue weighted by molar-refractivity contribution is 0.414. The van der Waals surface area contributed by atoms with E-state index in [1.807, 2.05) is 30.3 Å². The summed E-state index contributed by atoms with van der Waals surface area (Å²) < 4.78 is 32.2. The fourth-order valence-corrected chi connectivity index (χ4v) is 3.40. The third-order valence-electron chi connectivity index (χ3n) is 3.51. The van der Waals surface area contributed by atoms with E-state index in [9.17, 15) is 8.42 Å². The molecule has 0 radical (unpaired) electrons. The summed E-state index contributed by atoms with van der Waals surface area (Å²) in [6, 6.07) is 12.7. The number of benzene rings is 2. The van der Waals surface area contributed by atoms with Crippen molar-refractivity contribution in [2.45, 2.75) is 6.42 Å². The van der Waals surface area contributed by atoms with Crippen LogP contribution in [-0.4, -0.2) is 31.5 Å². The summed E-state index contributed by atoms with van der Waals surface area (Å²) in [5.41, 5.74) is 2.23. The van der Waals surface area contributed by atoms with Gasteiger partial charge in [0.2, 0.25) is 10.0 Å². The number of aromatic nitrogens is 2. The zero-order valence-corrected chi connectivity index (χ0v) is 13.4. The molecular formula is C16H17N3O3S. The molecule has 0 unspecified atom stereocenters. The van der Waals surface area contributed by atoms with Gasteiger partial charge in [-0.1, -0.05) is 12.1 Å². The van der Waals surface area contributed by atoms with Crippen LogP contribution in [0.3, 0.4) is 0 Å². The molecule has 0 fully saturated rings. The molecule has 7 heteroatoms. The summed E-state index contributed by atoms with van der Waals surface area (Å²) in [7, 11) is -1.84. The van der Waals surface area contributed by atoms with Gasteiger partial charge >= 0.3 is 0 Å². The molecule has 2 aromatic carbocycles. The van der Waals surface area contributed by atoms with Crippen LogP contribution in [0.15, 0.2) is 48.7 Å². The summed E-state index contributed by atoms with van der Waals surface area (Å²) in [5, 5.41) is 7.67. The van der Waals surface area contributed by atoms with Crippen LogP contribution in [-0.2, 0) is 16.4 Å². The molecule has 1 heterocycles. The average Bonchev–Trinajstić information content (AvgIpc) is 3.00. The van der Waals surface area contributed by atoms with Gasteiger partial charge in [-0.3, -0.25) is 9.82 Å². The van der Waals surface area contributed by atoms with Gasteiger partial charge in [-0.05, 0) is 42.3 Å². The van der Waals surface area contributed by atoms with Crippen molar-refractivity contribution in [2.75, 3.05) is 17.6 Å². The highest BCUT2D eigenvalue weighted by atomic mass is 32.2. The van der Waals surface area contributed by atoms with Crippen LogP contribution >= 0.6 is 0 Å². The van der Waals surface area contributed by atoms with Crippen LogP contribution in [0, 0.1) is 0 Å². The molecule has 0 atom stereocenters. The molecule has 0 spiro atoms. The minimum atomic E-state index is -3.43. The Balaban J connectivity index is 1.68. The zero-order chi connectivity index (χ0) is 16.3. The maximum Gasteiger partial charge on any atom is 0.233 e. The second-order valence-corrected chi connectivity index (χ2v) is 7.04. The van der Waals surface area contributed by atoms with E-state index in [0.717, 1.165) is 22.2 Å². The first-order valence-electron chi connectivity index (χ1n) is 7.12. The molecule has 0 aliphatic carbocycles. The van der Waals surface area contributed by atoms with Crippen LogP contribution in [0.4, 0.5) is 5.69 Å². The van der Waals surface area contributed by atoms with Crippen molar-refractivity contribution in [1.82, 2.24) is 10.2 Å². The summed E-state index contributed by atoms with van der Waals surface area (Å²) in [6.07, 6.45) is 2.11. The van der Waals surface area contributed by atoms with Crippen molar-refractivity contribution in [3.63, 3.8) is 0 Å². The smallest absolute Gasteiger partial charge is 0.233 e. The second kappa shape index (κ2) is 6.29. The number of hydrogen-bond donors (Lipinski definition) is 2. The Labute approximate surface area is 134 Å². The van der Waals surface area contributed by atoms with Gasteiger partial charge in [-0.15, -0.1) is 0 Å². The number of rotatable bonds is 6. The zero-order valence-electron chi connectivity index (χ0n) is 12.6. The molecule has 23 heavy (non-hydrogen) atoms. The molecule has 120 valence electrons. The first-order chi connectivity index (χ1) is 11.1. The Morgan fingerprint density at radius 1 is 1.22 bits per heavy atom. The summed E-state index contributed by atoms with van der Waals surface area (Å²) in [4.78, 5) is 0. The topological polar surface area (TPSA) is 84.1 Å². The minimum absolute atomic E-state index is 0.00117. The van der Waals surface area contributed by atoms with Gasteiger partial charge in [0.15, 0.2) is 0 Å². The first-order valence-corrected chi connectivity index (χ1v) is 8.77. The number of nitrogens with zero attached hydrogens (tertiary/aromatic N) is 1. The standard InChI is InChI=1S/C16H17N3O3S/c1-22-15-4-2-3-12(9-15)7-8-23(20,21)19-14-6-5-13-11-17-18-16(13)10-14/h2-6,9-11,19H,7-8H2,1H3,(H,17,18). The number of nitrogens with one attached hydrogen (secondary N) is 2. The summed E-state index contributed by atoms with van der Waals surface area (Å²) in [6.45, 7) is 0. The van der Waals surface area contributed by atoms with E-state index < -0.39 is 10.0 Å². The van der Waals surface area contributed by atoms with Crippen molar-refractivity contribution >= 4 is 26.6 Å². The molecule has 3 rings (SSSR count). The maximum absolute atomic E-state index is 12.2. The molecular weight excluding hydrogens is 314 g/mol. The Morgan fingerprint density at radius 2 is 2.09 bits per heavy atom. The number of H-pyrrole nitrogens is 1. The molecule has 2 N–H and O–H groups in total. The fraction of sp³-hybridized carbons (Fsp3) is 0.188. The Morgan fingerprint density at radius 3 is 2.91 bits per heavy atom. The fourth-order valence-electron chi connectivity index (χ4n) is 2.31. The Hall–Kier alpha value is -2.54. The third-order valence-corrected chi connectivity index (χ3v) is 4.80. The van der Waals surface area contributed by atoms with Gasteiger partial charge in [-0.2, -0.15) is 5.10 Å². The van der Waals surface area contributed by atoms with Crippen LogP contribution < -0.4 is 9.46 Å². The van der Waals surface area contributed by atoms with E-state index in [1.165, 1.54) is 0 Å². The number of ether oxygens (including phenoxy) is 1. The van der Waals surface area contributed by atoms with Crippen molar-refractivity contribution in [1.29, 1.82) is 0 Å². The van der Waals surface area contributed by atoms with Gasteiger partial charge in [-0.25, -0.2) is 8.42 Å². The summed E-state index contributed by atoms with van der Waals surface area (Å²) in [5.74, 6) is 0.721. The normalized spacial score (nSPS) is 11.5. The molecule has 0 saturated heterocycles. The molecule has 6 nitrogen and oxygen atoms in total. The Bertz CT molecular complexity index is 919. The number of anilines is 1. The van der Waals surface area contributed by atoms with Crippen molar-refractivity contribution in [3.8, 4) is 5.75 Å². The summed E-state index contributed by atoms with van der Waals surface area (Å²) >= 11 is 0. The lowest BCUT2D eigenvalue weighted by atomic mass is 10.2. The Kier molecular flexibility index (Phi) is 4.20. The van der Waals surface area contributed by atoms with E-state index in [0.29, 0.717) is 12.1 Å². The van der Waals surface area contributed by atoms with Crippen LogP contribution in [0.25, 0.3) is 10.9 Å². The number of sulfonamides is 1. The molecule has 1 aromatic heterocycles. The molecule has 0 bridgehead atoms. The van der Waals surface area contributed by atoms with Crippen molar-refractivity contribution < 1.29 is 13.2 Å². The third kappa shape index (κ3) is 3.81. The first kappa shape index (κ1) is 15.4. The number of fused-ring (bicyclic) bond motifs is 1. The predicted molar refractivity (Wildman–Crippen MR) is 90.2 cm³/mol. The lowest BCUT2D eigenvalue weighted by Crippen LogP contribution is -2.18. The quantitative estimate of drug-likeness (QED) is 0.727. The monoisotopic (exact) mass is 331 g/mol. The SMILES string of the molecule is COc1cccc(CCS(=O)(=O)Nc2ccc3cn[nH]c3c2)c1. The van der Waals surface area contributed by atoms with E-state index in [1.54, 1.807) is 25.4 Å². The molecule has 0 aliphatic heterocycles. The number of methoxy groups -OCH3 is 1. The molecule has 0 aliphatic rings. The van der Waals surface area contributed by atoms with Gasteiger partial charge in [0, 0.05) is 5.39 Å². The van der Waals surface area contributed by atoms with E-state index >= 15 is 0 Å². The highest BCUT2D eigenvalue weighted by Gasteiger charge is 2.11. The maximum atomic E-state index is 12.2. The number of aryl methyl sites for hydroxylation is 1. The van der Waals surface area contributed by atoms with E-state index in [-0.39, 0.29) is 5.75 Å². The average molecular weight is 331 g/mol. The second-order valence-electron chi connectivity index (χ2n) is 5.19. The van der Waals surface area contributed by atoms with Gasteiger partial charge in [0.05, 0.1) is 30.3 Å². The van der Waals surface area contributed by atoms with Crippen LogP contribution in [0.1, 0.15) is 5.56 Å². The van der Waals surface area contributed by atoms with E-state index in [2.05, 4.69) is 14.9 Å². The molecule has 3 aromatic rings. The van der Waals surface area contributed by atoms with Crippen molar-refractivity contribution in [2.24, 2.45) is 0 Å². The molecule has 0 amide bonds. The van der Waals surface area contributed by atoms with Gasteiger partial charge in [0.1, 0.15) is 5.75 Å². The predicted octanol–water partition coefficient (Wildman–Crippen LogP) is 2.56. The number of aromatic amines is 1. The lowest BCUT2D eigenvalue weighted by Gasteiger charge is -2.09.